The average molecular weight is 278 g/mol. The summed E-state index contributed by atoms with van der Waals surface area (Å²) in [6.07, 6.45) is 0. The van der Waals surface area contributed by atoms with Crippen LogP contribution in [0.4, 0.5) is 5.69 Å². The second-order valence-corrected chi connectivity index (χ2v) is 4.68. The molecular formula is C15H22N2O3. The van der Waals surface area contributed by atoms with Gasteiger partial charge < -0.3 is 10.1 Å². The minimum atomic E-state index is -0.341. The molecule has 0 unspecified atom stereocenters. The summed E-state index contributed by atoms with van der Waals surface area (Å²) in [6, 6.07) is 5.78. The van der Waals surface area contributed by atoms with Crippen molar-refractivity contribution in [3.8, 4) is 0 Å². The van der Waals surface area contributed by atoms with Crippen LogP contribution in [0.25, 0.3) is 0 Å². The molecule has 0 aromatic heterocycles. The molecule has 0 aliphatic rings. The second kappa shape index (κ2) is 7.65. The fraction of sp³-hybridized carbons (Fsp3) is 0.467. The highest BCUT2D eigenvalue weighted by molar-refractivity contribution is 5.93. The Bertz CT molecular complexity index is 486. The zero-order valence-electron chi connectivity index (χ0n) is 12.5. The second-order valence-electron chi connectivity index (χ2n) is 4.68. The molecule has 1 rings (SSSR count). The molecule has 0 bridgehead atoms. The first-order valence-corrected chi connectivity index (χ1v) is 6.63. The smallest absolute Gasteiger partial charge is 0.319 e. The molecule has 5 heteroatoms. The van der Waals surface area contributed by atoms with Gasteiger partial charge in [0, 0.05) is 5.69 Å². The fourth-order valence-electron chi connectivity index (χ4n) is 1.81. The van der Waals surface area contributed by atoms with E-state index in [4.69, 9.17) is 0 Å². The van der Waals surface area contributed by atoms with Crippen molar-refractivity contribution in [3.63, 3.8) is 0 Å². The van der Waals surface area contributed by atoms with E-state index >= 15 is 0 Å². The molecule has 1 N–H and O–H groups in total. The number of carbonyl (C=O) groups is 2. The summed E-state index contributed by atoms with van der Waals surface area (Å²) in [4.78, 5) is 25.0. The molecule has 0 fully saturated rings. The molecule has 0 saturated heterocycles. The lowest BCUT2D eigenvalue weighted by Gasteiger charge is -2.19. The fourth-order valence-corrected chi connectivity index (χ4v) is 1.81. The van der Waals surface area contributed by atoms with Crippen molar-refractivity contribution >= 4 is 17.6 Å². The van der Waals surface area contributed by atoms with Gasteiger partial charge in [-0.05, 0) is 37.6 Å². The minimum absolute atomic E-state index is 0.118. The van der Waals surface area contributed by atoms with Gasteiger partial charge in [0.2, 0.25) is 5.91 Å². The Morgan fingerprint density at radius 2 is 1.95 bits per heavy atom. The van der Waals surface area contributed by atoms with Crippen molar-refractivity contribution in [1.82, 2.24) is 4.90 Å². The third-order valence-electron chi connectivity index (χ3n) is 3.27. The van der Waals surface area contributed by atoms with E-state index < -0.39 is 0 Å². The maximum absolute atomic E-state index is 12.0. The number of esters is 1. The van der Waals surface area contributed by atoms with Gasteiger partial charge in [-0.3, -0.25) is 14.5 Å². The number of nitrogens with zero attached hydrogens (tertiary/aromatic N) is 1. The molecular weight excluding hydrogens is 256 g/mol. The molecule has 0 heterocycles. The standard InChI is InChI=1S/C15H22N2O3/c1-5-17(10-15(19)20-4)9-14(18)16-13-8-6-7-11(2)12(13)3/h6-8H,5,9-10H2,1-4H3,(H,16,18). The molecule has 0 saturated carbocycles. The molecule has 1 aromatic carbocycles. The van der Waals surface area contributed by atoms with E-state index in [1.807, 2.05) is 39.0 Å². The van der Waals surface area contributed by atoms with E-state index in [0.717, 1.165) is 16.8 Å². The highest BCUT2D eigenvalue weighted by Gasteiger charge is 2.14. The Kier molecular flexibility index (Phi) is 6.18. The Labute approximate surface area is 119 Å². The van der Waals surface area contributed by atoms with Gasteiger partial charge in [-0.25, -0.2) is 0 Å². The van der Waals surface area contributed by atoms with E-state index in [1.54, 1.807) is 4.90 Å². The Balaban J connectivity index is 2.62. The van der Waals surface area contributed by atoms with E-state index in [0.29, 0.717) is 6.54 Å². The molecule has 0 atom stereocenters. The van der Waals surface area contributed by atoms with Crippen LogP contribution >= 0.6 is 0 Å². The first-order chi connectivity index (χ1) is 9.47. The van der Waals surface area contributed by atoms with Gasteiger partial charge in [0.05, 0.1) is 20.2 Å². The van der Waals surface area contributed by atoms with Crippen LogP contribution in [-0.2, 0) is 14.3 Å². The van der Waals surface area contributed by atoms with Crippen LogP contribution < -0.4 is 5.32 Å². The van der Waals surface area contributed by atoms with Gasteiger partial charge >= 0.3 is 5.97 Å². The number of hydrogen-bond acceptors (Lipinski definition) is 4. The monoisotopic (exact) mass is 278 g/mol. The van der Waals surface area contributed by atoms with E-state index in [1.165, 1.54) is 7.11 Å². The zero-order valence-corrected chi connectivity index (χ0v) is 12.5. The van der Waals surface area contributed by atoms with Crippen LogP contribution in [0.3, 0.4) is 0 Å². The van der Waals surface area contributed by atoms with Gasteiger partial charge in [-0.15, -0.1) is 0 Å². The largest absolute Gasteiger partial charge is 0.468 e. The molecule has 1 aromatic rings. The average Bonchev–Trinajstić information content (AvgIpc) is 2.42. The van der Waals surface area contributed by atoms with Crippen LogP contribution in [0.1, 0.15) is 18.1 Å². The SMILES string of the molecule is CCN(CC(=O)Nc1cccc(C)c1C)CC(=O)OC. The first-order valence-electron chi connectivity index (χ1n) is 6.63. The molecule has 0 spiro atoms. The van der Waals surface area contributed by atoms with Gasteiger partial charge in [-0.2, -0.15) is 0 Å². The van der Waals surface area contributed by atoms with E-state index in [2.05, 4.69) is 10.1 Å². The summed E-state index contributed by atoms with van der Waals surface area (Å²) in [7, 11) is 1.34. The number of benzene rings is 1. The van der Waals surface area contributed by atoms with E-state index in [-0.39, 0.29) is 25.0 Å². The number of amides is 1. The number of methoxy groups -OCH3 is 1. The van der Waals surface area contributed by atoms with Crippen LogP contribution in [-0.4, -0.2) is 43.5 Å². The number of aryl methyl sites for hydroxylation is 1. The van der Waals surface area contributed by atoms with Crippen molar-refractivity contribution < 1.29 is 14.3 Å². The summed E-state index contributed by atoms with van der Waals surface area (Å²) in [5, 5.41) is 2.87. The summed E-state index contributed by atoms with van der Waals surface area (Å²) in [5.74, 6) is -0.476. The van der Waals surface area contributed by atoms with Crippen molar-refractivity contribution in [1.29, 1.82) is 0 Å². The number of carbonyl (C=O) groups excluding carboxylic acids is 2. The summed E-state index contributed by atoms with van der Waals surface area (Å²) in [5.41, 5.74) is 2.99. The number of anilines is 1. The Morgan fingerprint density at radius 3 is 2.55 bits per heavy atom. The maximum atomic E-state index is 12.0. The molecule has 1 amide bonds. The van der Waals surface area contributed by atoms with Crippen molar-refractivity contribution in [2.24, 2.45) is 0 Å². The Morgan fingerprint density at radius 1 is 1.25 bits per heavy atom. The quantitative estimate of drug-likeness (QED) is 0.805. The molecule has 0 radical (unpaired) electrons. The third kappa shape index (κ3) is 4.66. The lowest BCUT2D eigenvalue weighted by Crippen LogP contribution is -2.37. The highest BCUT2D eigenvalue weighted by atomic mass is 16.5. The lowest BCUT2D eigenvalue weighted by atomic mass is 10.1. The van der Waals surface area contributed by atoms with Gasteiger partial charge in [0.15, 0.2) is 0 Å². The number of likely N-dealkylation sites (N-methyl/N-ethyl adjacent to an activating group) is 1. The van der Waals surface area contributed by atoms with Crippen LogP contribution in [0.2, 0.25) is 0 Å². The molecule has 0 aliphatic carbocycles. The molecule has 5 nitrogen and oxygen atoms in total. The van der Waals surface area contributed by atoms with Gasteiger partial charge in [0.25, 0.3) is 0 Å². The molecule has 110 valence electrons. The highest BCUT2D eigenvalue weighted by Crippen LogP contribution is 2.17. The van der Waals surface area contributed by atoms with Gasteiger partial charge in [0.1, 0.15) is 0 Å². The van der Waals surface area contributed by atoms with Crippen LogP contribution in [0, 0.1) is 13.8 Å². The topological polar surface area (TPSA) is 58.6 Å². The minimum Gasteiger partial charge on any atom is -0.468 e. The van der Waals surface area contributed by atoms with Crippen LogP contribution in [0.5, 0.6) is 0 Å². The predicted octanol–water partition coefficient (Wildman–Crippen LogP) is 1.74. The zero-order chi connectivity index (χ0) is 15.1. The number of hydrogen-bond donors (Lipinski definition) is 1. The van der Waals surface area contributed by atoms with E-state index in [9.17, 15) is 9.59 Å². The third-order valence-corrected chi connectivity index (χ3v) is 3.27. The predicted molar refractivity (Wildman–Crippen MR) is 78.7 cm³/mol. The molecule has 0 aliphatic heterocycles. The summed E-state index contributed by atoms with van der Waals surface area (Å²) >= 11 is 0. The number of rotatable bonds is 6. The normalized spacial score (nSPS) is 10.4. The van der Waals surface area contributed by atoms with Crippen LogP contribution in [0.15, 0.2) is 18.2 Å². The first kappa shape index (κ1) is 16.2. The van der Waals surface area contributed by atoms with Crippen molar-refractivity contribution in [3.05, 3.63) is 29.3 Å². The van der Waals surface area contributed by atoms with Crippen molar-refractivity contribution in [2.45, 2.75) is 20.8 Å². The summed E-state index contributed by atoms with van der Waals surface area (Å²) in [6.45, 7) is 6.76. The summed E-state index contributed by atoms with van der Waals surface area (Å²) < 4.78 is 4.60. The maximum Gasteiger partial charge on any atom is 0.319 e. The van der Waals surface area contributed by atoms with Gasteiger partial charge in [-0.1, -0.05) is 19.1 Å². The van der Waals surface area contributed by atoms with Crippen molar-refractivity contribution in [2.75, 3.05) is 32.1 Å². The number of ether oxygens (including phenoxy) is 1. The number of nitrogens with one attached hydrogen (secondary N) is 1. The Hall–Kier alpha value is -1.88. The molecule has 20 heavy (non-hydrogen) atoms. The lowest BCUT2D eigenvalue weighted by molar-refractivity contribution is -0.142.